The molecule has 0 saturated carbocycles. The topological polar surface area (TPSA) is 64.0 Å². The van der Waals surface area contributed by atoms with Crippen molar-refractivity contribution in [3.8, 4) is 17.2 Å². The van der Waals surface area contributed by atoms with Gasteiger partial charge in [0.05, 0.1) is 31.3 Å². The standard InChI is InChI=1S/C32H33N3O4/c1-21(2)34(32(37)24-17-25(38-4)19-26(18-24)39-5)20-30(36)35-28-10-7-6-9-27(28)33-16-8-11-29(33)31(35)23-14-12-22(3)13-15-23/h6-19,21,31H,20H2,1-5H3. The highest BCUT2D eigenvalue weighted by molar-refractivity contribution is 6.03. The monoisotopic (exact) mass is 523 g/mol. The summed E-state index contributed by atoms with van der Waals surface area (Å²) in [5, 5.41) is 0. The van der Waals surface area contributed by atoms with Crippen molar-refractivity contribution < 1.29 is 19.1 Å². The van der Waals surface area contributed by atoms with Crippen LogP contribution in [0.1, 0.15) is 47.1 Å². The Labute approximate surface area is 229 Å². The van der Waals surface area contributed by atoms with Crippen LogP contribution in [0.5, 0.6) is 11.5 Å². The minimum Gasteiger partial charge on any atom is -0.497 e. The Morgan fingerprint density at radius 3 is 2.13 bits per heavy atom. The first-order valence-corrected chi connectivity index (χ1v) is 13.0. The number of nitrogens with zero attached hydrogens (tertiary/aromatic N) is 3. The molecular weight excluding hydrogens is 490 g/mol. The number of amides is 2. The molecule has 0 radical (unpaired) electrons. The van der Waals surface area contributed by atoms with Crippen LogP contribution in [0.15, 0.2) is 85.1 Å². The van der Waals surface area contributed by atoms with E-state index < -0.39 is 0 Å². The van der Waals surface area contributed by atoms with Crippen molar-refractivity contribution in [1.82, 2.24) is 9.47 Å². The molecule has 5 rings (SSSR count). The molecule has 7 heteroatoms. The molecule has 1 aliphatic rings. The van der Waals surface area contributed by atoms with Gasteiger partial charge in [-0.2, -0.15) is 0 Å². The van der Waals surface area contributed by atoms with Crippen molar-refractivity contribution >= 4 is 17.5 Å². The maximum atomic E-state index is 14.3. The second-order valence-electron chi connectivity index (χ2n) is 10.00. The lowest BCUT2D eigenvalue weighted by molar-refractivity contribution is -0.120. The van der Waals surface area contributed by atoms with E-state index in [9.17, 15) is 9.59 Å². The number of carbonyl (C=O) groups excluding carboxylic acids is 2. The molecule has 2 amide bonds. The fraction of sp³-hybridized carbons (Fsp3) is 0.250. The molecule has 1 atom stereocenters. The van der Waals surface area contributed by atoms with Gasteiger partial charge < -0.3 is 18.9 Å². The van der Waals surface area contributed by atoms with E-state index in [0.717, 1.165) is 28.2 Å². The summed E-state index contributed by atoms with van der Waals surface area (Å²) in [5.74, 6) is 0.587. The highest BCUT2D eigenvalue weighted by Crippen LogP contribution is 2.42. The Hall–Kier alpha value is -4.52. The minimum atomic E-state index is -0.343. The molecule has 39 heavy (non-hydrogen) atoms. The Kier molecular flexibility index (Phi) is 7.15. The van der Waals surface area contributed by atoms with Gasteiger partial charge in [-0.3, -0.25) is 14.5 Å². The predicted molar refractivity (Wildman–Crippen MR) is 152 cm³/mol. The van der Waals surface area contributed by atoms with Crippen molar-refractivity contribution in [2.45, 2.75) is 32.9 Å². The van der Waals surface area contributed by atoms with E-state index in [4.69, 9.17) is 9.47 Å². The number of anilines is 1. The van der Waals surface area contributed by atoms with Gasteiger partial charge in [-0.1, -0.05) is 42.0 Å². The van der Waals surface area contributed by atoms with Gasteiger partial charge in [-0.25, -0.2) is 0 Å². The number of ether oxygens (including phenoxy) is 2. The zero-order valence-corrected chi connectivity index (χ0v) is 22.9. The Morgan fingerprint density at radius 2 is 1.51 bits per heavy atom. The van der Waals surface area contributed by atoms with Crippen molar-refractivity contribution in [3.63, 3.8) is 0 Å². The molecule has 4 aromatic rings. The average Bonchev–Trinajstić information content (AvgIpc) is 3.45. The number of benzene rings is 3. The summed E-state index contributed by atoms with van der Waals surface area (Å²) in [4.78, 5) is 31.5. The van der Waals surface area contributed by atoms with Crippen molar-refractivity contribution in [2.75, 3.05) is 25.7 Å². The van der Waals surface area contributed by atoms with E-state index in [-0.39, 0.29) is 30.4 Å². The average molecular weight is 524 g/mol. The van der Waals surface area contributed by atoms with Gasteiger partial charge in [0, 0.05) is 23.9 Å². The van der Waals surface area contributed by atoms with Crippen LogP contribution in [0.2, 0.25) is 0 Å². The highest BCUT2D eigenvalue weighted by Gasteiger charge is 2.37. The maximum Gasteiger partial charge on any atom is 0.254 e. The van der Waals surface area contributed by atoms with Crippen LogP contribution in [0.3, 0.4) is 0 Å². The van der Waals surface area contributed by atoms with Crippen LogP contribution in [0, 0.1) is 6.92 Å². The smallest absolute Gasteiger partial charge is 0.254 e. The molecule has 1 aliphatic heterocycles. The van der Waals surface area contributed by atoms with Gasteiger partial charge in [0.15, 0.2) is 0 Å². The largest absolute Gasteiger partial charge is 0.497 e. The Balaban J connectivity index is 1.56. The van der Waals surface area contributed by atoms with E-state index >= 15 is 0 Å². The summed E-state index contributed by atoms with van der Waals surface area (Å²) in [7, 11) is 3.09. The molecule has 0 N–H and O–H groups in total. The third-order valence-corrected chi connectivity index (χ3v) is 7.17. The van der Waals surface area contributed by atoms with Crippen LogP contribution in [0.4, 0.5) is 5.69 Å². The third-order valence-electron chi connectivity index (χ3n) is 7.17. The van der Waals surface area contributed by atoms with Crippen LogP contribution >= 0.6 is 0 Å². The molecule has 1 aromatic heterocycles. The number of methoxy groups -OCH3 is 2. The van der Waals surface area contributed by atoms with Gasteiger partial charge in [0.2, 0.25) is 5.91 Å². The SMILES string of the molecule is COc1cc(OC)cc(C(=O)N(CC(=O)N2c3ccccc3-n3cccc3C2c2ccc(C)cc2)C(C)C)c1. The summed E-state index contributed by atoms with van der Waals surface area (Å²) in [6.07, 6.45) is 2.03. The van der Waals surface area contributed by atoms with E-state index in [0.29, 0.717) is 17.1 Å². The molecule has 7 nitrogen and oxygen atoms in total. The van der Waals surface area contributed by atoms with Gasteiger partial charge in [-0.05, 0) is 62.7 Å². The van der Waals surface area contributed by atoms with Gasteiger partial charge >= 0.3 is 0 Å². The third kappa shape index (κ3) is 4.88. The first-order valence-electron chi connectivity index (χ1n) is 13.0. The van der Waals surface area contributed by atoms with E-state index in [2.05, 4.69) is 34.9 Å². The number of hydrogen-bond donors (Lipinski definition) is 0. The van der Waals surface area contributed by atoms with Crippen molar-refractivity contribution in [2.24, 2.45) is 0 Å². The number of fused-ring (bicyclic) bond motifs is 3. The van der Waals surface area contributed by atoms with E-state index in [1.165, 1.54) is 0 Å². The van der Waals surface area contributed by atoms with Crippen LogP contribution in [0.25, 0.3) is 5.69 Å². The minimum absolute atomic E-state index is 0.0899. The quantitative estimate of drug-likeness (QED) is 0.308. The highest BCUT2D eigenvalue weighted by atomic mass is 16.5. The normalized spacial score (nSPS) is 14.0. The molecule has 0 saturated heterocycles. The van der Waals surface area contributed by atoms with Crippen LogP contribution < -0.4 is 14.4 Å². The second-order valence-corrected chi connectivity index (χ2v) is 10.00. The Morgan fingerprint density at radius 1 is 0.872 bits per heavy atom. The van der Waals surface area contributed by atoms with Crippen molar-refractivity contribution in [3.05, 3.63) is 107 Å². The van der Waals surface area contributed by atoms with E-state index in [1.807, 2.05) is 62.2 Å². The fourth-order valence-electron chi connectivity index (χ4n) is 5.13. The van der Waals surface area contributed by atoms with Crippen LogP contribution in [-0.2, 0) is 4.79 Å². The lowest BCUT2D eigenvalue weighted by Crippen LogP contribution is -2.48. The lowest BCUT2D eigenvalue weighted by Gasteiger charge is -2.40. The zero-order valence-electron chi connectivity index (χ0n) is 22.9. The zero-order chi connectivity index (χ0) is 27.7. The first kappa shape index (κ1) is 26.1. The molecule has 3 aromatic carbocycles. The Bertz CT molecular complexity index is 1480. The molecule has 0 bridgehead atoms. The summed E-state index contributed by atoms with van der Waals surface area (Å²) in [5.41, 5.74) is 5.27. The first-order chi connectivity index (χ1) is 18.8. The number of para-hydroxylation sites is 2. The van der Waals surface area contributed by atoms with Gasteiger partial charge in [0.25, 0.3) is 5.91 Å². The van der Waals surface area contributed by atoms with Gasteiger partial charge in [0.1, 0.15) is 24.1 Å². The summed E-state index contributed by atoms with van der Waals surface area (Å²) in [6.45, 7) is 5.78. The van der Waals surface area contributed by atoms with Crippen molar-refractivity contribution in [1.29, 1.82) is 0 Å². The van der Waals surface area contributed by atoms with Crippen LogP contribution in [-0.4, -0.2) is 48.1 Å². The molecule has 0 fully saturated rings. The molecular formula is C32H33N3O4. The summed E-state index contributed by atoms with van der Waals surface area (Å²) < 4.78 is 12.9. The maximum absolute atomic E-state index is 14.3. The number of carbonyl (C=O) groups is 2. The molecule has 0 spiro atoms. The molecule has 0 aliphatic carbocycles. The number of aryl methyl sites for hydroxylation is 1. The number of aromatic nitrogens is 1. The number of hydrogen-bond acceptors (Lipinski definition) is 4. The molecule has 200 valence electrons. The second kappa shape index (κ2) is 10.7. The summed E-state index contributed by atoms with van der Waals surface area (Å²) in [6, 6.07) is 24.7. The fourth-order valence-corrected chi connectivity index (χ4v) is 5.13. The number of rotatable bonds is 7. The molecule has 1 unspecified atom stereocenters. The molecule has 2 heterocycles. The predicted octanol–water partition coefficient (Wildman–Crippen LogP) is 5.79. The van der Waals surface area contributed by atoms with E-state index in [1.54, 1.807) is 37.3 Å². The summed E-state index contributed by atoms with van der Waals surface area (Å²) >= 11 is 0. The lowest BCUT2D eigenvalue weighted by atomic mass is 9.97. The van der Waals surface area contributed by atoms with Gasteiger partial charge in [-0.15, -0.1) is 0 Å².